The standard InChI is InChI=1S/C27H34N2O2/c1-31-23-13-11-21(12-14-23)24-18-29(17-20-7-3-2-4-8-20)26-15-16-28(19-25(24)26)27(30)22-9-5-6-10-22/h2-4,7-8,11-14,22,24-26H,5-6,9-10,15-19H2,1H3/t24-,25-,26-/m1/s1. The van der Waals surface area contributed by atoms with Gasteiger partial charge in [0.15, 0.2) is 0 Å². The minimum absolute atomic E-state index is 0.276. The van der Waals surface area contributed by atoms with E-state index in [2.05, 4.69) is 64.4 Å². The van der Waals surface area contributed by atoms with Crippen LogP contribution in [0.1, 0.15) is 49.1 Å². The van der Waals surface area contributed by atoms with Crippen molar-refractivity contribution in [2.24, 2.45) is 11.8 Å². The Balaban J connectivity index is 1.38. The van der Waals surface area contributed by atoms with E-state index in [9.17, 15) is 4.79 Å². The minimum atomic E-state index is 0.276. The molecule has 0 bridgehead atoms. The van der Waals surface area contributed by atoms with Crippen LogP contribution in [0.5, 0.6) is 5.75 Å². The van der Waals surface area contributed by atoms with Crippen LogP contribution in [0.25, 0.3) is 0 Å². The van der Waals surface area contributed by atoms with Crippen LogP contribution in [0, 0.1) is 11.8 Å². The first-order chi connectivity index (χ1) is 15.2. The molecule has 5 rings (SSSR count). The molecule has 1 aliphatic carbocycles. The maximum Gasteiger partial charge on any atom is 0.225 e. The number of ether oxygens (including phenoxy) is 1. The Kier molecular flexibility index (Phi) is 5.99. The number of hydrogen-bond acceptors (Lipinski definition) is 3. The van der Waals surface area contributed by atoms with E-state index >= 15 is 0 Å². The van der Waals surface area contributed by atoms with Crippen LogP contribution >= 0.6 is 0 Å². The van der Waals surface area contributed by atoms with Crippen molar-refractivity contribution in [1.29, 1.82) is 0 Å². The van der Waals surface area contributed by atoms with Gasteiger partial charge in [0.1, 0.15) is 5.75 Å². The lowest BCUT2D eigenvalue weighted by atomic mass is 9.81. The molecule has 2 aliphatic heterocycles. The molecule has 0 radical (unpaired) electrons. The van der Waals surface area contributed by atoms with E-state index in [0.29, 0.717) is 23.8 Å². The third-order valence-corrected chi connectivity index (χ3v) is 7.83. The van der Waals surface area contributed by atoms with Crippen LogP contribution in [0.3, 0.4) is 0 Å². The van der Waals surface area contributed by atoms with Crippen LogP contribution in [0.15, 0.2) is 54.6 Å². The molecule has 4 heteroatoms. The normalized spacial score (nSPS) is 26.7. The Bertz CT molecular complexity index is 876. The van der Waals surface area contributed by atoms with Crippen molar-refractivity contribution in [2.45, 2.75) is 50.6 Å². The largest absolute Gasteiger partial charge is 0.497 e. The van der Waals surface area contributed by atoms with Gasteiger partial charge in [-0.3, -0.25) is 9.69 Å². The average molecular weight is 419 g/mol. The molecule has 4 nitrogen and oxygen atoms in total. The van der Waals surface area contributed by atoms with Crippen LogP contribution in [0.2, 0.25) is 0 Å². The third kappa shape index (κ3) is 4.23. The van der Waals surface area contributed by atoms with Crippen LogP contribution < -0.4 is 4.74 Å². The number of fused-ring (bicyclic) bond motifs is 1. The van der Waals surface area contributed by atoms with Gasteiger partial charge in [-0.05, 0) is 42.5 Å². The summed E-state index contributed by atoms with van der Waals surface area (Å²) in [7, 11) is 1.72. The molecule has 1 saturated carbocycles. The second-order valence-electron chi connectivity index (χ2n) is 9.58. The average Bonchev–Trinajstić information content (AvgIpc) is 3.48. The highest BCUT2D eigenvalue weighted by Crippen LogP contribution is 2.43. The predicted molar refractivity (Wildman–Crippen MR) is 123 cm³/mol. The van der Waals surface area contributed by atoms with Crippen molar-refractivity contribution in [3.63, 3.8) is 0 Å². The van der Waals surface area contributed by atoms with Gasteiger partial charge in [0.25, 0.3) is 0 Å². The van der Waals surface area contributed by atoms with E-state index in [1.165, 1.54) is 24.0 Å². The Morgan fingerprint density at radius 1 is 0.968 bits per heavy atom. The molecule has 0 spiro atoms. The molecule has 1 amide bonds. The summed E-state index contributed by atoms with van der Waals surface area (Å²) in [4.78, 5) is 18.1. The molecule has 2 aromatic rings. The Morgan fingerprint density at radius 3 is 2.42 bits per heavy atom. The summed E-state index contributed by atoms with van der Waals surface area (Å²) >= 11 is 0. The molecule has 0 aromatic heterocycles. The molecule has 3 aliphatic rings. The molecule has 3 atom stereocenters. The molecule has 31 heavy (non-hydrogen) atoms. The maximum atomic E-state index is 13.2. The molecule has 2 aromatic carbocycles. The summed E-state index contributed by atoms with van der Waals surface area (Å²) in [6.07, 6.45) is 5.70. The van der Waals surface area contributed by atoms with Crippen molar-refractivity contribution in [3.05, 3.63) is 65.7 Å². The third-order valence-electron chi connectivity index (χ3n) is 7.83. The van der Waals surface area contributed by atoms with Crippen LogP contribution in [0.4, 0.5) is 0 Å². The summed E-state index contributed by atoms with van der Waals surface area (Å²) < 4.78 is 5.38. The number of benzene rings is 2. The van der Waals surface area contributed by atoms with Crippen LogP contribution in [-0.4, -0.2) is 48.5 Å². The summed E-state index contributed by atoms with van der Waals surface area (Å²) in [5.41, 5.74) is 2.75. The zero-order valence-corrected chi connectivity index (χ0v) is 18.6. The fraction of sp³-hybridized carbons (Fsp3) is 0.519. The first-order valence-corrected chi connectivity index (χ1v) is 11.9. The first kappa shape index (κ1) is 20.6. The summed E-state index contributed by atoms with van der Waals surface area (Å²) in [6, 6.07) is 20.0. The number of piperidine rings is 1. The number of rotatable bonds is 5. The van der Waals surface area contributed by atoms with Crippen molar-refractivity contribution in [1.82, 2.24) is 9.80 Å². The highest BCUT2D eigenvalue weighted by molar-refractivity contribution is 5.79. The predicted octanol–water partition coefficient (Wildman–Crippen LogP) is 4.70. The number of hydrogen-bond donors (Lipinski definition) is 0. The number of carbonyl (C=O) groups is 1. The first-order valence-electron chi connectivity index (χ1n) is 11.9. The van der Waals surface area contributed by atoms with Gasteiger partial charge in [0, 0.05) is 50.0 Å². The van der Waals surface area contributed by atoms with Crippen molar-refractivity contribution < 1.29 is 9.53 Å². The van der Waals surface area contributed by atoms with Gasteiger partial charge >= 0.3 is 0 Å². The number of nitrogens with zero attached hydrogens (tertiary/aromatic N) is 2. The monoisotopic (exact) mass is 418 g/mol. The highest BCUT2D eigenvalue weighted by atomic mass is 16.5. The second kappa shape index (κ2) is 9.04. The van der Waals surface area contributed by atoms with Gasteiger partial charge < -0.3 is 9.64 Å². The number of likely N-dealkylation sites (tertiary alicyclic amines) is 2. The Labute approximate surface area is 186 Å². The molecule has 0 unspecified atom stereocenters. The zero-order chi connectivity index (χ0) is 21.2. The highest BCUT2D eigenvalue weighted by Gasteiger charge is 2.46. The molecule has 2 saturated heterocycles. The van der Waals surface area contributed by atoms with Gasteiger partial charge in [-0.2, -0.15) is 0 Å². The topological polar surface area (TPSA) is 32.8 Å². The second-order valence-corrected chi connectivity index (χ2v) is 9.58. The lowest BCUT2D eigenvalue weighted by Crippen LogP contribution is -2.49. The van der Waals surface area contributed by atoms with Gasteiger partial charge in [-0.25, -0.2) is 0 Å². The van der Waals surface area contributed by atoms with Gasteiger partial charge in [-0.15, -0.1) is 0 Å². The van der Waals surface area contributed by atoms with E-state index in [1.54, 1.807) is 7.11 Å². The van der Waals surface area contributed by atoms with E-state index in [4.69, 9.17) is 4.74 Å². The quantitative estimate of drug-likeness (QED) is 0.705. The fourth-order valence-corrected chi connectivity index (χ4v) is 6.18. The smallest absolute Gasteiger partial charge is 0.225 e. The lowest BCUT2D eigenvalue weighted by Gasteiger charge is -2.40. The molecular weight excluding hydrogens is 384 g/mol. The molecule has 3 fully saturated rings. The van der Waals surface area contributed by atoms with Gasteiger partial charge in [0.2, 0.25) is 5.91 Å². The fourth-order valence-electron chi connectivity index (χ4n) is 6.18. The lowest BCUT2D eigenvalue weighted by molar-refractivity contribution is -0.137. The van der Waals surface area contributed by atoms with E-state index < -0.39 is 0 Å². The number of carbonyl (C=O) groups excluding carboxylic acids is 1. The van der Waals surface area contributed by atoms with Gasteiger partial charge in [-0.1, -0.05) is 55.3 Å². The summed E-state index contributed by atoms with van der Waals surface area (Å²) in [6.45, 7) is 3.87. The summed E-state index contributed by atoms with van der Waals surface area (Å²) in [5.74, 6) is 2.56. The van der Waals surface area contributed by atoms with E-state index in [0.717, 1.165) is 51.2 Å². The van der Waals surface area contributed by atoms with Crippen molar-refractivity contribution >= 4 is 5.91 Å². The molecule has 2 heterocycles. The Hall–Kier alpha value is -2.33. The summed E-state index contributed by atoms with van der Waals surface area (Å²) in [5, 5.41) is 0. The molecular formula is C27H34N2O2. The maximum absolute atomic E-state index is 13.2. The minimum Gasteiger partial charge on any atom is -0.497 e. The van der Waals surface area contributed by atoms with Crippen LogP contribution in [-0.2, 0) is 11.3 Å². The Morgan fingerprint density at radius 2 is 1.71 bits per heavy atom. The number of amides is 1. The zero-order valence-electron chi connectivity index (χ0n) is 18.6. The molecule has 0 N–H and O–H groups in total. The van der Waals surface area contributed by atoms with Crippen molar-refractivity contribution in [3.8, 4) is 5.75 Å². The van der Waals surface area contributed by atoms with E-state index in [1.807, 2.05) is 0 Å². The number of methoxy groups -OCH3 is 1. The van der Waals surface area contributed by atoms with E-state index in [-0.39, 0.29) is 5.92 Å². The molecule has 164 valence electrons. The van der Waals surface area contributed by atoms with Crippen molar-refractivity contribution in [2.75, 3.05) is 26.7 Å². The SMILES string of the molecule is COc1ccc([C@H]2CN(Cc3ccccc3)[C@@H]3CCN(C(=O)C4CCCC4)C[C@H]23)cc1. The van der Waals surface area contributed by atoms with Gasteiger partial charge in [0.05, 0.1) is 7.11 Å².